The van der Waals surface area contributed by atoms with Crippen LogP contribution in [0.5, 0.6) is 0 Å². The lowest BCUT2D eigenvalue weighted by molar-refractivity contribution is -0.126. The Labute approximate surface area is 124 Å². The Bertz CT molecular complexity index is 462. The van der Waals surface area contributed by atoms with E-state index in [0.29, 0.717) is 0 Å². The molecule has 3 rings (SSSR count). The second kappa shape index (κ2) is 6.85. The van der Waals surface area contributed by atoms with Gasteiger partial charge in [-0.2, -0.15) is 5.10 Å². The molecule has 6 heteroatoms. The molecule has 2 saturated heterocycles. The van der Waals surface area contributed by atoms with Crippen LogP contribution in [-0.2, 0) is 9.53 Å². The number of nitrogens with zero attached hydrogens (tertiary/aromatic N) is 3. The van der Waals surface area contributed by atoms with Crippen molar-refractivity contribution >= 4 is 11.7 Å². The lowest BCUT2D eigenvalue weighted by Gasteiger charge is -2.33. The van der Waals surface area contributed by atoms with E-state index >= 15 is 0 Å². The van der Waals surface area contributed by atoms with Gasteiger partial charge in [0.25, 0.3) is 0 Å². The molecule has 1 aromatic heterocycles. The van der Waals surface area contributed by atoms with E-state index < -0.39 is 0 Å². The van der Waals surface area contributed by atoms with E-state index in [1.807, 2.05) is 12.1 Å². The molecule has 0 aliphatic carbocycles. The molecule has 2 fully saturated rings. The molecule has 6 nitrogen and oxygen atoms in total. The summed E-state index contributed by atoms with van der Waals surface area (Å²) in [5, 5.41) is 11.2. The monoisotopic (exact) mass is 290 g/mol. The maximum atomic E-state index is 12.4. The Morgan fingerprint density at radius 1 is 1.33 bits per heavy atom. The van der Waals surface area contributed by atoms with Crippen molar-refractivity contribution in [3.8, 4) is 0 Å². The molecule has 21 heavy (non-hydrogen) atoms. The number of aromatic nitrogens is 2. The highest BCUT2D eigenvalue weighted by Gasteiger charge is 2.28. The Kier molecular flexibility index (Phi) is 4.65. The summed E-state index contributed by atoms with van der Waals surface area (Å²) in [6, 6.07) is 4.11. The van der Waals surface area contributed by atoms with Crippen molar-refractivity contribution in [3.63, 3.8) is 0 Å². The third-order valence-electron chi connectivity index (χ3n) is 4.24. The molecule has 0 saturated carbocycles. The average molecular weight is 290 g/mol. The highest BCUT2D eigenvalue weighted by molar-refractivity contribution is 5.79. The predicted molar refractivity (Wildman–Crippen MR) is 79.0 cm³/mol. The third-order valence-corrected chi connectivity index (χ3v) is 4.24. The number of anilines is 1. The average Bonchev–Trinajstić information content (AvgIpc) is 2.57. The molecule has 1 aromatic rings. The Morgan fingerprint density at radius 2 is 2.19 bits per heavy atom. The van der Waals surface area contributed by atoms with Crippen LogP contribution >= 0.6 is 0 Å². The fourth-order valence-corrected chi connectivity index (χ4v) is 3.02. The maximum absolute atomic E-state index is 12.4. The first kappa shape index (κ1) is 14.3. The normalized spacial score (nSPS) is 23.8. The number of amides is 1. The van der Waals surface area contributed by atoms with Gasteiger partial charge in [0.05, 0.1) is 5.92 Å². The van der Waals surface area contributed by atoms with Gasteiger partial charge < -0.3 is 15.0 Å². The molecule has 114 valence electrons. The van der Waals surface area contributed by atoms with Crippen LogP contribution in [0.15, 0.2) is 18.3 Å². The number of piperidine rings is 1. The van der Waals surface area contributed by atoms with Gasteiger partial charge in [-0.25, -0.2) is 0 Å². The summed E-state index contributed by atoms with van der Waals surface area (Å²) in [5.74, 6) is 1.08. The maximum Gasteiger partial charge on any atom is 0.225 e. The summed E-state index contributed by atoms with van der Waals surface area (Å²) in [6.45, 7) is 3.18. The Hall–Kier alpha value is -1.69. The van der Waals surface area contributed by atoms with Gasteiger partial charge in [-0.3, -0.25) is 4.79 Å². The van der Waals surface area contributed by atoms with E-state index in [2.05, 4.69) is 20.4 Å². The minimum atomic E-state index is 0.0450. The summed E-state index contributed by atoms with van der Waals surface area (Å²) in [6.07, 6.45) is 5.48. The number of carbonyl (C=O) groups is 1. The quantitative estimate of drug-likeness (QED) is 0.899. The van der Waals surface area contributed by atoms with E-state index in [1.165, 1.54) is 0 Å². The Balaban J connectivity index is 1.56. The largest absolute Gasteiger partial charge is 0.381 e. The highest BCUT2D eigenvalue weighted by atomic mass is 16.5. The van der Waals surface area contributed by atoms with Crippen molar-refractivity contribution in [3.05, 3.63) is 18.3 Å². The van der Waals surface area contributed by atoms with Crippen molar-refractivity contribution in [1.82, 2.24) is 15.5 Å². The molecule has 0 bridgehead atoms. The van der Waals surface area contributed by atoms with E-state index in [9.17, 15) is 4.79 Å². The van der Waals surface area contributed by atoms with Crippen LogP contribution in [0.25, 0.3) is 0 Å². The standard InChI is InChI=1S/C15H22N4O2/c20-15(17-13-5-9-21-10-6-13)12-3-2-8-19(11-12)14-4-1-7-16-18-14/h1,4,7,12-13H,2-3,5-6,8-11H2,(H,17,20)/t12-/m0/s1. The molecule has 1 amide bonds. The number of hydrogen-bond donors (Lipinski definition) is 1. The van der Waals surface area contributed by atoms with Crippen LogP contribution in [0.4, 0.5) is 5.82 Å². The first-order valence-corrected chi connectivity index (χ1v) is 7.74. The van der Waals surface area contributed by atoms with Crippen LogP contribution in [-0.4, -0.2) is 48.4 Å². The van der Waals surface area contributed by atoms with Crippen LogP contribution < -0.4 is 10.2 Å². The zero-order valence-electron chi connectivity index (χ0n) is 12.2. The number of hydrogen-bond acceptors (Lipinski definition) is 5. The lowest BCUT2D eigenvalue weighted by Crippen LogP contribution is -2.47. The van der Waals surface area contributed by atoms with Gasteiger partial charge in [-0.05, 0) is 37.8 Å². The second-order valence-corrected chi connectivity index (χ2v) is 5.76. The number of nitrogens with one attached hydrogen (secondary N) is 1. The van der Waals surface area contributed by atoms with Crippen molar-refractivity contribution in [1.29, 1.82) is 0 Å². The zero-order valence-corrected chi connectivity index (χ0v) is 12.2. The van der Waals surface area contributed by atoms with Crippen LogP contribution in [0.3, 0.4) is 0 Å². The van der Waals surface area contributed by atoms with Gasteiger partial charge in [0.1, 0.15) is 0 Å². The van der Waals surface area contributed by atoms with Gasteiger partial charge >= 0.3 is 0 Å². The molecule has 0 aromatic carbocycles. The van der Waals surface area contributed by atoms with E-state index in [0.717, 1.165) is 57.8 Å². The topological polar surface area (TPSA) is 67.3 Å². The predicted octanol–water partition coefficient (Wildman–Crippen LogP) is 0.988. The summed E-state index contributed by atoms with van der Waals surface area (Å²) in [4.78, 5) is 14.6. The molecule has 3 heterocycles. The molecule has 2 aliphatic rings. The summed E-state index contributed by atoms with van der Waals surface area (Å²) in [7, 11) is 0. The van der Waals surface area contributed by atoms with Crippen molar-refractivity contribution in [2.75, 3.05) is 31.2 Å². The second-order valence-electron chi connectivity index (χ2n) is 5.76. The molecule has 0 radical (unpaired) electrons. The number of rotatable bonds is 3. The molecule has 0 spiro atoms. The van der Waals surface area contributed by atoms with Crippen molar-refractivity contribution < 1.29 is 9.53 Å². The first-order valence-electron chi connectivity index (χ1n) is 7.74. The summed E-state index contributed by atoms with van der Waals surface area (Å²) >= 11 is 0. The van der Waals surface area contributed by atoms with Gasteiger partial charge in [-0.1, -0.05) is 0 Å². The summed E-state index contributed by atoms with van der Waals surface area (Å²) < 4.78 is 5.33. The molecule has 2 aliphatic heterocycles. The van der Waals surface area contributed by atoms with E-state index in [1.54, 1.807) is 6.20 Å². The Morgan fingerprint density at radius 3 is 2.95 bits per heavy atom. The molecular formula is C15H22N4O2. The van der Waals surface area contributed by atoms with Crippen molar-refractivity contribution in [2.24, 2.45) is 5.92 Å². The van der Waals surface area contributed by atoms with E-state index in [-0.39, 0.29) is 17.9 Å². The summed E-state index contributed by atoms with van der Waals surface area (Å²) in [5.41, 5.74) is 0. The first-order chi connectivity index (χ1) is 10.3. The zero-order chi connectivity index (χ0) is 14.5. The highest BCUT2D eigenvalue weighted by Crippen LogP contribution is 2.21. The van der Waals surface area contributed by atoms with Crippen LogP contribution in [0, 0.1) is 5.92 Å². The van der Waals surface area contributed by atoms with Gasteiger partial charge in [0.2, 0.25) is 5.91 Å². The fraction of sp³-hybridized carbons (Fsp3) is 0.667. The minimum absolute atomic E-state index is 0.0450. The lowest BCUT2D eigenvalue weighted by atomic mass is 9.96. The van der Waals surface area contributed by atoms with E-state index in [4.69, 9.17) is 4.74 Å². The molecule has 1 atom stereocenters. The van der Waals surface area contributed by atoms with Gasteiger partial charge in [0.15, 0.2) is 5.82 Å². The molecule has 0 unspecified atom stereocenters. The van der Waals surface area contributed by atoms with Gasteiger partial charge in [-0.15, -0.1) is 5.10 Å². The van der Waals surface area contributed by atoms with Crippen LogP contribution in [0.2, 0.25) is 0 Å². The SMILES string of the molecule is O=C(NC1CCOCC1)[C@H]1CCCN(c2cccnn2)C1. The number of ether oxygens (including phenoxy) is 1. The third kappa shape index (κ3) is 3.69. The fourth-order valence-electron chi connectivity index (χ4n) is 3.02. The smallest absolute Gasteiger partial charge is 0.225 e. The molecule has 1 N–H and O–H groups in total. The minimum Gasteiger partial charge on any atom is -0.381 e. The van der Waals surface area contributed by atoms with Crippen LogP contribution in [0.1, 0.15) is 25.7 Å². The number of carbonyl (C=O) groups excluding carboxylic acids is 1. The molecular weight excluding hydrogens is 268 g/mol. The van der Waals surface area contributed by atoms with Crippen molar-refractivity contribution in [2.45, 2.75) is 31.7 Å². The van der Waals surface area contributed by atoms with Gasteiger partial charge in [0, 0.05) is 38.5 Å².